The van der Waals surface area contributed by atoms with Crippen LogP contribution < -0.4 is 5.32 Å². The zero-order chi connectivity index (χ0) is 21.2. The second-order valence-electron chi connectivity index (χ2n) is 8.90. The lowest BCUT2D eigenvalue weighted by atomic mass is 9.98. The Morgan fingerprint density at radius 3 is 1.57 bits per heavy atom. The molecular weight excluding hydrogens is 350 g/mol. The van der Waals surface area contributed by atoms with Gasteiger partial charge in [-0.05, 0) is 18.8 Å². The van der Waals surface area contributed by atoms with Gasteiger partial charge in [0.15, 0.2) is 0 Å². The van der Waals surface area contributed by atoms with Crippen molar-refractivity contribution in [1.82, 2.24) is 5.32 Å². The molecule has 0 aliphatic rings. The Hall–Kier alpha value is -0.610. The number of amides is 1. The number of hydrogen-bond donors (Lipinski definition) is 3. The van der Waals surface area contributed by atoms with Gasteiger partial charge >= 0.3 is 0 Å². The largest absolute Gasteiger partial charge is 0.361 e. The highest BCUT2D eigenvalue weighted by Crippen LogP contribution is 2.16. The van der Waals surface area contributed by atoms with Crippen molar-refractivity contribution in [3.63, 3.8) is 0 Å². The Bertz CT molecular complexity index is 358. The predicted octanol–water partition coefficient (Wildman–Crippen LogP) is 6.87. The summed E-state index contributed by atoms with van der Waals surface area (Å²) in [4.78, 5) is 12.0. The van der Waals surface area contributed by atoms with Crippen LogP contribution in [0, 0.1) is 18.1 Å². The highest BCUT2D eigenvalue weighted by Gasteiger charge is 2.23. The molecule has 0 aromatic rings. The van der Waals surface area contributed by atoms with Gasteiger partial charge in [-0.15, -0.1) is 0 Å². The highest BCUT2D eigenvalue weighted by atomic mass is 16.5. The second-order valence-corrected chi connectivity index (χ2v) is 8.90. The minimum Gasteiger partial charge on any atom is -0.361 e. The van der Waals surface area contributed by atoms with Gasteiger partial charge in [-0.2, -0.15) is 0 Å². The first-order valence-corrected chi connectivity index (χ1v) is 11.9. The minimum absolute atomic E-state index is 0.0216. The van der Waals surface area contributed by atoms with E-state index in [9.17, 15) is 15.0 Å². The molecule has 4 heteroatoms. The van der Waals surface area contributed by atoms with Crippen molar-refractivity contribution in [3.8, 4) is 0 Å². The Morgan fingerprint density at radius 1 is 0.750 bits per heavy atom. The van der Waals surface area contributed by atoms with Gasteiger partial charge in [0.05, 0.1) is 0 Å². The lowest BCUT2D eigenvalue weighted by molar-refractivity contribution is -0.122. The molecule has 0 rings (SSSR count). The van der Waals surface area contributed by atoms with Crippen LogP contribution in [-0.4, -0.2) is 22.2 Å². The third kappa shape index (κ3) is 16.4. The van der Waals surface area contributed by atoms with Crippen LogP contribution in [0.1, 0.15) is 124 Å². The Labute approximate surface area is 174 Å². The summed E-state index contributed by atoms with van der Waals surface area (Å²) in [7, 11) is 0. The summed E-state index contributed by atoms with van der Waals surface area (Å²) in [5.41, 5.74) is 0. The van der Waals surface area contributed by atoms with Gasteiger partial charge in [-0.3, -0.25) is 4.79 Å². The molecule has 0 bridgehead atoms. The molecule has 0 heterocycles. The molecule has 0 saturated carbocycles. The van der Waals surface area contributed by atoms with E-state index in [1.54, 1.807) is 6.92 Å². The molecule has 167 valence electrons. The smallest absolute Gasteiger partial charge is 0.223 e. The number of carbonyl (C=O) groups excluding carboxylic acids is 1. The number of unbranched alkanes of at least 4 members (excludes halogenated alkanes) is 11. The summed E-state index contributed by atoms with van der Waals surface area (Å²) in [6.45, 7) is 8.27. The summed E-state index contributed by atoms with van der Waals surface area (Å²) >= 11 is 0. The molecule has 0 aromatic carbocycles. The topological polar surface area (TPSA) is 69.6 Å². The summed E-state index contributed by atoms with van der Waals surface area (Å²) < 4.78 is 0. The molecular formula is C24H48NO3. The van der Waals surface area contributed by atoms with Gasteiger partial charge < -0.3 is 15.5 Å². The molecule has 0 spiro atoms. The first kappa shape index (κ1) is 27.4. The molecule has 28 heavy (non-hydrogen) atoms. The van der Waals surface area contributed by atoms with E-state index < -0.39 is 12.2 Å². The molecule has 0 aliphatic carbocycles. The first-order chi connectivity index (χ1) is 13.4. The average molecular weight is 399 g/mol. The molecule has 2 atom stereocenters. The van der Waals surface area contributed by atoms with Gasteiger partial charge in [-0.25, -0.2) is 0 Å². The van der Waals surface area contributed by atoms with Crippen molar-refractivity contribution >= 4 is 5.91 Å². The number of nitrogens with one attached hydrogen (secondary N) is 1. The molecule has 2 unspecified atom stereocenters. The quantitative estimate of drug-likeness (QED) is 0.208. The highest BCUT2D eigenvalue weighted by molar-refractivity contribution is 5.76. The van der Waals surface area contributed by atoms with E-state index in [0.29, 0.717) is 12.8 Å². The van der Waals surface area contributed by atoms with Gasteiger partial charge in [-0.1, -0.05) is 105 Å². The summed E-state index contributed by atoms with van der Waals surface area (Å²) in [6, 6.07) is -0.201. The zero-order valence-electron chi connectivity index (χ0n) is 19.1. The van der Waals surface area contributed by atoms with Crippen molar-refractivity contribution in [2.75, 3.05) is 0 Å². The molecule has 3 N–H and O–H groups in total. The van der Waals surface area contributed by atoms with Gasteiger partial charge in [0.1, 0.15) is 0 Å². The minimum atomic E-state index is -0.599. The maximum Gasteiger partial charge on any atom is 0.223 e. The zero-order valence-corrected chi connectivity index (χ0v) is 19.1. The molecule has 0 fully saturated rings. The van der Waals surface area contributed by atoms with E-state index in [0.717, 1.165) is 18.8 Å². The molecule has 0 aromatic heterocycles. The number of hydrogen-bond acceptors (Lipinski definition) is 3. The fraction of sp³-hybridized carbons (Fsp3) is 0.917. The molecule has 0 saturated heterocycles. The maximum atomic E-state index is 12.0. The number of aliphatic hydroxyl groups is 2. The van der Waals surface area contributed by atoms with Crippen LogP contribution in [0.2, 0.25) is 0 Å². The van der Waals surface area contributed by atoms with E-state index in [-0.39, 0.29) is 11.9 Å². The van der Waals surface area contributed by atoms with E-state index in [2.05, 4.69) is 19.2 Å². The van der Waals surface area contributed by atoms with Crippen LogP contribution in [0.15, 0.2) is 0 Å². The monoisotopic (exact) mass is 398 g/mol. The molecule has 0 aliphatic heterocycles. The van der Waals surface area contributed by atoms with Crippen molar-refractivity contribution in [2.45, 2.75) is 130 Å². The SMILES string of the molecule is CCC(NC(=O)CCCCCCCCCCCCCCC(C)C)C(C)[C](O)O. The van der Waals surface area contributed by atoms with Crippen molar-refractivity contribution in [1.29, 1.82) is 0 Å². The third-order valence-corrected chi connectivity index (χ3v) is 5.73. The first-order valence-electron chi connectivity index (χ1n) is 11.9. The number of aliphatic hydroxyl groups excluding tert-OH is 1. The third-order valence-electron chi connectivity index (χ3n) is 5.73. The van der Waals surface area contributed by atoms with Crippen molar-refractivity contribution in [2.24, 2.45) is 11.8 Å². The van der Waals surface area contributed by atoms with Gasteiger partial charge in [0.25, 0.3) is 0 Å². The van der Waals surface area contributed by atoms with Crippen LogP contribution in [0.5, 0.6) is 0 Å². The van der Waals surface area contributed by atoms with Crippen LogP contribution in [-0.2, 0) is 4.79 Å². The van der Waals surface area contributed by atoms with Gasteiger partial charge in [0.2, 0.25) is 12.2 Å². The molecule has 1 radical (unpaired) electrons. The predicted molar refractivity (Wildman–Crippen MR) is 118 cm³/mol. The second kappa shape index (κ2) is 18.4. The fourth-order valence-corrected chi connectivity index (χ4v) is 3.65. The lowest BCUT2D eigenvalue weighted by Gasteiger charge is -2.24. The Kier molecular flexibility index (Phi) is 18.0. The summed E-state index contributed by atoms with van der Waals surface area (Å²) in [5, 5.41) is 21.3. The fourth-order valence-electron chi connectivity index (χ4n) is 3.65. The van der Waals surface area contributed by atoms with Crippen LogP contribution >= 0.6 is 0 Å². The van der Waals surface area contributed by atoms with Crippen molar-refractivity contribution in [3.05, 3.63) is 6.29 Å². The number of rotatable bonds is 19. The van der Waals surface area contributed by atoms with Crippen LogP contribution in [0.4, 0.5) is 0 Å². The lowest BCUT2D eigenvalue weighted by Crippen LogP contribution is -2.41. The Morgan fingerprint density at radius 2 is 1.18 bits per heavy atom. The molecule has 1 amide bonds. The van der Waals surface area contributed by atoms with E-state index in [1.807, 2.05) is 6.92 Å². The van der Waals surface area contributed by atoms with Crippen molar-refractivity contribution < 1.29 is 15.0 Å². The standard InChI is InChI=1S/C24H48NO3/c1-5-22(21(4)24(27)28)25-23(26)19-17-15-13-11-9-7-6-8-10-12-14-16-18-20(2)3/h20-22,27-28H,5-19H2,1-4H3,(H,25,26). The van der Waals surface area contributed by atoms with E-state index in [4.69, 9.17) is 0 Å². The normalized spacial score (nSPS) is 13.9. The summed E-state index contributed by atoms with van der Waals surface area (Å²) in [6.07, 6.45) is 17.6. The Balaban J connectivity index is 3.42. The van der Waals surface area contributed by atoms with E-state index >= 15 is 0 Å². The van der Waals surface area contributed by atoms with Gasteiger partial charge in [0, 0.05) is 18.4 Å². The maximum absolute atomic E-state index is 12.0. The summed E-state index contributed by atoms with van der Waals surface area (Å²) in [5.74, 6) is 0.452. The molecule has 4 nitrogen and oxygen atoms in total. The average Bonchev–Trinajstić information content (AvgIpc) is 2.65. The van der Waals surface area contributed by atoms with Crippen LogP contribution in [0.25, 0.3) is 0 Å². The van der Waals surface area contributed by atoms with Crippen LogP contribution in [0.3, 0.4) is 0 Å². The number of carbonyl (C=O) groups is 1. The van der Waals surface area contributed by atoms with E-state index in [1.165, 1.54) is 70.6 Å².